The van der Waals surface area contributed by atoms with E-state index in [4.69, 9.17) is 14.2 Å². The van der Waals surface area contributed by atoms with Gasteiger partial charge in [0.2, 0.25) is 0 Å². The maximum atomic E-state index is 13.1. The molecule has 1 fully saturated rings. The molecule has 0 radical (unpaired) electrons. The number of rotatable bonds is 8. The highest BCUT2D eigenvalue weighted by molar-refractivity contribution is 5.95. The lowest BCUT2D eigenvalue weighted by Crippen LogP contribution is -2.51. The van der Waals surface area contributed by atoms with E-state index >= 15 is 0 Å². The van der Waals surface area contributed by atoms with Crippen molar-refractivity contribution in [2.24, 2.45) is 0 Å². The third-order valence-electron chi connectivity index (χ3n) is 6.27. The third kappa shape index (κ3) is 5.51. The van der Waals surface area contributed by atoms with Gasteiger partial charge in [-0.25, -0.2) is 9.59 Å². The molecule has 0 saturated carbocycles. The van der Waals surface area contributed by atoms with E-state index in [1.807, 2.05) is 42.5 Å². The van der Waals surface area contributed by atoms with E-state index in [2.05, 4.69) is 26.5 Å². The molecular formula is C26H32N4O5. The van der Waals surface area contributed by atoms with Crippen molar-refractivity contribution in [3.05, 3.63) is 65.4 Å². The zero-order valence-corrected chi connectivity index (χ0v) is 20.4. The van der Waals surface area contributed by atoms with E-state index in [1.165, 1.54) is 0 Å². The summed E-state index contributed by atoms with van der Waals surface area (Å²) in [6.07, 6.45) is 0. The van der Waals surface area contributed by atoms with Crippen LogP contribution in [0.2, 0.25) is 0 Å². The maximum Gasteiger partial charge on any atom is 0.338 e. The van der Waals surface area contributed by atoms with Gasteiger partial charge in [0.15, 0.2) is 0 Å². The molecule has 2 heterocycles. The molecule has 9 nitrogen and oxygen atoms in total. The number of para-hydroxylation sites is 1. The van der Waals surface area contributed by atoms with Crippen molar-refractivity contribution >= 4 is 17.7 Å². The van der Waals surface area contributed by atoms with Crippen LogP contribution in [0.1, 0.15) is 18.5 Å². The largest absolute Gasteiger partial charge is 0.497 e. The molecular weight excluding hydrogens is 448 g/mol. The van der Waals surface area contributed by atoms with Crippen LogP contribution >= 0.6 is 0 Å². The molecule has 9 heteroatoms. The zero-order chi connectivity index (χ0) is 24.8. The number of amides is 2. The summed E-state index contributed by atoms with van der Waals surface area (Å²) in [4.78, 5) is 30.3. The van der Waals surface area contributed by atoms with Gasteiger partial charge in [-0.2, -0.15) is 0 Å². The minimum Gasteiger partial charge on any atom is -0.497 e. The van der Waals surface area contributed by atoms with Gasteiger partial charge >= 0.3 is 12.0 Å². The first-order valence-electron chi connectivity index (χ1n) is 11.8. The second-order valence-electron chi connectivity index (χ2n) is 8.35. The Balaban J connectivity index is 1.57. The first-order chi connectivity index (χ1) is 17.0. The molecule has 0 bridgehead atoms. The van der Waals surface area contributed by atoms with E-state index in [-0.39, 0.29) is 12.6 Å². The van der Waals surface area contributed by atoms with Crippen LogP contribution in [0.25, 0.3) is 0 Å². The molecule has 0 spiro atoms. The number of hydrogen-bond donors (Lipinski definition) is 2. The Morgan fingerprint density at radius 2 is 1.80 bits per heavy atom. The molecule has 186 valence electrons. The smallest absolute Gasteiger partial charge is 0.338 e. The van der Waals surface area contributed by atoms with Crippen LogP contribution in [0, 0.1) is 0 Å². The molecule has 2 N–H and O–H groups in total. The fraction of sp³-hybridized carbons (Fsp3) is 0.385. The monoisotopic (exact) mass is 480 g/mol. The summed E-state index contributed by atoms with van der Waals surface area (Å²) in [6.45, 7) is 5.62. The van der Waals surface area contributed by atoms with Crippen LogP contribution in [-0.2, 0) is 9.53 Å². The number of piperazine rings is 1. The quantitative estimate of drug-likeness (QED) is 0.562. The van der Waals surface area contributed by atoms with Gasteiger partial charge < -0.3 is 29.7 Å². The van der Waals surface area contributed by atoms with Crippen LogP contribution in [0.5, 0.6) is 11.5 Å². The van der Waals surface area contributed by atoms with E-state index in [9.17, 15) is 9.59 Å². The summed E-state index contributed by atoms with van der Waals surface area (Å²) in [6, 6.07) is 14.3. The number of urea groups is 1. The number of nitrogens with one attached hydrogen (secondary N) is 2. The molecule has 2 aliphatic rings. The summed E-state index contributed by atoms with van der Waals surface area (Å²) >= 11 is 0. The van der Waals surface area contributed by atoms with Gasteiger partial charge in [-0.1, -0.05) is 24.3 Å². The molecule has 0 aromatic heterocycles. The number of nitrogens with zero attached hydrogens (tertiary/aromatic N) is 2. The standard InChI is InChI=1S/C26H32N4O5/c1-4-35-25(31)23-21(27-26(32)28-24(23)20-10-5-6-11-22(20)34-3)17-29-12-14-30(15-13-29)18-8-7-9-19(16-18)33-2/h5-11,16,24H,4,12-15,17H2,1-3H3,(H2,27,28,32). The summed E-state index contributed by atoms with van der Waals surface area (Å²) in [5, 5.41) is 5.74. The molecule has 2 aliphatic heterocycles. The highest BCUT2D eigenvalue weighted by Crippen LogP contribution is 2.34. The predicted molar refractivity (Wildman–Crippen MR) is 133 cm³/mol. The van der Waals surface area contributed by atoms with Crippen LogP contribution in [0.15, 0.2) is 59.8 Å². The SMILES string of the molecule is CCOC(=O)C1=C(CN2CCN(c3cccc(OC)c3)CC2)NC(=O)NC1c1ccccc1OC. The maximum absolute atomic E-state index is 13.1. The summed E-state index contributed by atoms with van der Waals surface area (Å²) in [5.41, 5.74) is 2.76. The molecule has 1 saturated heterocycles. The number of benzene rings is 2. The summed E-state index contributed by atoms with van der Waals surface area (Å²) in [5.74, 6) is 0.961. The Morgan fingerprint density at radius 1 is 1.03 bits per heavy atom. The third-order valence-corrected chi connectivity index (χ3v) is 6.27. The summed E-state index contributed by atoms with van der Waals surface area (Å²) < 4.78 is 16.2. The van der Waals surface area contributed by atoms with E-state index < -0.39 is 12.0 Å². The highest BCUT2D eigenvalue weighted by atomic mass is 16.5. The highest BCUT2D eigenvalue weighted by Gasteiger charge is 2.36. The number of hydrogen-bond acceptors (Lipinski definition) is 7. The first kappa shape index (κ1) is 24.4. The van der Waals surface area contributed by atoms with Gasteiger partial charge in [-0.15, -0.1) is 0 Å². The van der Waals surface area contributed by atoms with Gasteiger partial charge in [-0.05, 0) is 25.1 Å². The Hall–Kier alpha value is -3.72. The van der Waals surface area contributed by atoms with Gasteiger partial charge in [0, 0.05) is 55.7 Å². The molecule has 1 atom stereocenters. The average molecular weight is 481 g/mol. The Kier molecular flexibility index (Phi) is 7.77. The molecule has 2 amide bonds. The van der Waals surface area contributed by atoms with E-state index in [0.29, 0.717) is 29.1 Å². The van der Waals surface area contributed by atoms with Gasteiger partial charge in [0.25, 0.3) is 0 Å². The van der Waals surface area contributed by atoms with Crippen molar-refractivity contribution < 1.29 is 23.8 Å². The van der Waals surface area contributed by atoms with Gasteiger partial charge in [-0.3, -0.25) is 4.90 Å². The first-order valence-corrected chi connectivity index (χ1v) is 11.8. The van der Waals surface area contributed by atoms with Gasteiger partial charge in [0.05, 0.1) is 32.4 Å². The van der Waals surface area contributed by atoms with Crippen LogP contribution in [0.3, 0.4) is 0 Å². The lowest BCUT2D eigenvalue weighted by Gasteiger charge is -2.38. The van der Waals surface area contributed by atoms with Crippen molar-refractivity contribution in [3.8, 4) is 11.5 Å². The number of carbonyl (C=O) groups is 2. The minimum absolute atomic E-state index is 0.238. The van der Waals surface area contributed by atoms with Crippen LogP contribution in [-0.4, -0.2) is 70.5 Å². The zero-order valence-electron chi connectivity index (χ0n) is 20.4. The molecule has 1 unspecified atom stereocenters. The summed E-state index contributed by atoms with van der Waals surface area (Å²) in [7, 11) is 3.23. The topological polar surface area (TPSA) is 92.4 Å². The molecule has 0 aliphatic carbocycles. The number of esters is 1. The lowest BCUT2D eigenvalue weighted by molar-refractivity contribution is -0.139. The van der Waals surface area contributed by atoms with Crippen molar-refractivity contribution in [2.45, 2.75) is 13.0 Å². The molecule has 2 aromatic rings. The number of anilines is 1. The normalized spacial score (nSPS) is 18.5. The Labute approximate surface area is 205 Å². The lowest BCUT2D eigenvalue weighted by atomic mass is 9.94. The number of carbonyl (C=O) groups excluding carboxylic acids is 2. The fourth-order valence-corrected chi connectivity index (χ4v) is 4.53. The average Bonchev–Trinajstić information content (AvgIpc) is 2.89. The number of ether oxygens (including phenoxy) is 3. The van der Waals surface area contributed by atoms with Gasteiger partial charge in [0.1, 0.15) is 11.5 Å². The van der Waals surface area contributed by atoms with Crippen molar-refractivity contribution in [3.63, 3.8) is 0 Å². The minimum atomic E-state index is -0.674. The molecule has 2 aromatic carbocycles. The Bertz CT molecular complexity index is 1090. The van der Waals surface area contributed by atoms with Crippen molar-refractivity contribution in [1.29, 1.82) is 0 Å². The molecule has 35 heavy (non-hydrogen) atoms. The second-order valence-corrected chi connectivity index (χ2v) is 8.35. The van der Waals surface area contributed by atoms with Crippen molar-refractivity contribution in [2.75, 3.05) is 58.5 Å². The molecule has 4 rings (SSSR count). The predicted octanol–water partition coefficient (Wildman–Crippen LogP) is 2.70. The second kappa shape index (κ2) is 11.1. The van der Waals surface area contributed by atoms with Crippen LogP contribution < -0.4 is 25.0 Å². The van der Waals surface area contributed by atoms with Crippen LogP contribution in [0.4, 0.5) is 10.5 Å². The number of methoxy groups -OCH3 is 2. The van der Waals surface area contributed by atoms with E-state index in [1.54, 1.807) is 21.1 Å². The Morgan fingerprint density at radius 3 is 2.51 bits per heavy atom. The van der Waals surface area contributed by atoms with E-state index in [0.717, 1.165) is 37.6 Å². The van der Waals surface area contributed by atoms with Crippen molar-refractivity contribution in [1.82, 2.24) is 15.5 Å². The fourth-order valence-electron chi connectivity index (χ4n) is 4.53.